The molecular formula is C16H13ClN4O2. The molecule has 0 fully saturated rings. The molecule has 0 radical (unpaired) electrons. The molecule has 2 N–H and O–H groups in total. The fraction of sp³-hybridized carbons (Fsp3) is 0.0625. The SMILES string of the molecule is COc1ccc(NC(=O)/C(C#N)=C\Nc2ccc(Cl)cn2)cc1. The molecule has 1 aromatic heterocycles. The number of amides is 1. The van der Waals surface area contributed by atoms with Crippen LogP contribution in [0.5, 0.6) is 5.75 Å². The number of benzene rings is 1. The molecule has 2 rings (SSSR count). The summed E-state index contributed by atoms with van der Waals surface area (Å²) in [6, 6.07) is 11.9. The monoisotopic (exact) mass is 328 g/mol. The standard InChI is InChI=1S/C16H13ClN4O2/c1-23-14-5-3-13(4-6-14)21-16(22)11(8-18)9-19-15-7-2-12(17)10-20-15/h2-7,9-10H,1H3,(H,19,20)(H,21,22)/b11-9-. The number of rotatable bonds is 5. The molecule has 1 amide bonds. The molecule has 0 saturated carbocycles. The number of hydrogen-bond acceptors (Lipinski definition) is 5. The Bertz CT molecular complexity index is 749. The van der Waals surface area contributed by atoms with E-state index < -0.39 is 5.91 Å². The van der Waals surface area contributed by atoms with Gasteiger partial charge in [-0.3, -0.25) is 4.79 Å². The molecule has 0 aliphatic rings. The zero-order valence-corrected chi connectivity index (χ0v) is 13.0. The predicted octanol–water partition coefficient (Wildman–Crippen LogP) is 3.20. The molecule has 1 heterocycles. The lowest BCUT2D eigenvalue weighted by Crippen LogP contribution is -2.14. The third kappa shape index (κ3) is 4.73. The third-order valence-electron chi connectivity index (χ3n) is 2.80. The second-order valence-electron chi connectivity index (χ2n) is 4.36. The molecule has 0 aliphatic heterocycles. The molecule has 116 valence electrons. The van der Waals surface area contributed by atoms with Crippen LogP contribution in [0.1, 0.15) is 0 Å². The molecule has 0 atom stereocenters. The van der Waals surface area contributed by atoms with Crippen LogP contribution in [0.2, 0.25) is 5.02 Å². The van der Waals surface area contributed by atoms with Gasteiger partial charge >= 0.3 is 0 Å². The van der Waals surface area contributed by atoms with Crippen LogP contribution in [0.4, 0.5) is 11.5 Å². The van der Waals surface area contributed by atoms with Gasteiger partial charge in [-0.15, -0.1) is 0 Å². The second-order valence-corrected chi connectivity index (χ2v) is 4.79. The van der Waals surface area contributed by atoms with Gasteiger partial charge < -0.3 is 15.4 Å². The first kappa shape index (κ1) is 16.3. The summed E-state index contributed by atoms with van der Waals surface area (Å²) < 4.78 is 5.04. The fourth-order valence-corrected chi connectivity index (χ4v) is 1.74. The van der Waals surface area contributed by atoms with Gasteiger partial charge in [-0.05, 0) is 36.4 Å². The molecule has 0 aliphatic carbocycles. The molecule has 2 aromatic rings. The number of methoxy groups -OCH3 is 1. The van der Waals surface area contributed by atoms with Gasteiger partial charge in [-0.2, -0.15) is 5.26 Å². The first-order chi connectivity index (χ1) is 11.1. The number of hydrogen-bond donors (Lipinski definition) is 2. The molecule has 6 nitrogen and oxygen atoms in total. The van der Waals surface area contributed by atoms with Crippen LogP contribution in [0, 0.1) is 11.3 Å². The zero-order valence-electron chi connectivity index (χ0n) is 12.2. The third-order valence-corrected chi connectivity index (χ3v) is 3.03. The van der Waals surface area contributed by atoms with E-state index in [4.69, 9.17) is 21.6 Å². The fourth-order valence-electron chi connectivity index (χ4n) is 1.63. The van der Waals surface area contributed by atoms with E-state index in [1.165, 1.54) is 12.4 Å². The number of ether oxygens (including phenoxy) is 1. The van der Waals surface area contributed by atoms with Crippen molar-refractivity contribution in [3.8, 4) is 11.8 Å². The Labute approximate surface area is 138 Å². The van der Waals surface area contributed by atoms with Crippen molar-refractivity contribution < 1.29 is 9.53 Å². The first-order valence-corrected chi connectivity index (χ1v) is 6.94. The molecule has 0 bridgehead atoms. The van der Waals surface area contributed by atoms with Crippen LogP contribution in [-0.2, 0) is 4.79 Å². The minimum atomic E-state index is -0.529. The molecule has 7 heteroatoms. The molecule has 23 heavy (non-hydrogen) atoms. The summed E-state index contributed by atoms with van der Waals surface area (Å²) in [5, 5.41) is 15.0. The summed E-state index contributed by atoms with van der Waals surface area (Å²) in [5.74, 6) is 0.619. The van der Waals surface area contributed by atoms with E-state index >= 15 is 0 Å². The average Bonchev–Trinajstić information content (AvgIpc) is 2.58. The lowest BCUT2D eigenvalue weighted by Gasteiger charge is -2.06. The molecular weight excluding hydrogens is 316 g/mol. The van der Waals surface area contributed by atoms with E-state index in [0.717, 1.165) is 0 Å². The zero-order chi connectivity index (χ0) is 16.7. The number of nitriles is 1. The van der Waals surface area contributed by atoms with Crippen LogP contribution in [0.25, 0.3) is 0 Å². The van der Waals surface area contributed by atoms with Crippen molar-refractivity contribution in [2.45, 2.75) is 0 Å². The van der Waals surface area contributed by atoms with Gasteiger partial charge in [-0.1, -0.05) is 11.6 Å². The Morgan fingerprint density at radius 2 is 2.04 bits per heavy atom. The van der Waals surface area contributed by atoms with Crippen molar-refractivity contribution in [1.82, 2.24) is 4.98 Å². The van der Waals surface area contributed by atoms with Crippen LogP contribution < -0.4 is 15.4 Å². The highest BCUT2D eigenvalue weighted by Gasteiger charge is 2.09. The molecule has 0 saturated heterocycles. The average molecular weight is 329 g/mol. The van der Waals surface area contributed by atoms with Gasteiger partial charge in [0, 0.05) is 18.1 Å². The topological polar surface area (TPSA) is 87.0 Å². The number of carbonyl (C=O) groups excluding carboxylic acids is 1. The number of nitrogens with one attached hydrogen (secondary N) is 2. The number of aromatic nitrogens is 1. The van der Waals surface area contributed by atoms with E-state index in [1.807, 2.05) is 6.07 Å². The summed E-state index contributed by atoms with van der Waals surface area (Å²) in [6.45, 7) is 0. The van der Waals surface area contributed by atoms with Crippen molar-refractivity contribution in [2.24, 2.45) is 0 Å². The van der Waals surface area contributed by atoms with E-state index in [2.05, 4.69) is 15.6 Å². The highest BCUT2D eigenvalue weighted by atomic mass is 35.5. The van der Waals surface area contributed by atoms with E-state index in [9.17, 15) is 4.79 Å². The van der Waals surface area contributed by atoms with Gasteiger partial charge in [0.25, 0.3) is 5.91 Å². The Morgan fingerprint density at radius 3 is 2.61 bits per heavy atom. The number of nitrogens with zero attached hydrogens (tertiary/aromatic N) is 2. The van der Waals surface area contributed by atoms with Crippen molar-refractivity contribution >= 4 is 29.0 Å². The maximum atomic E-state index is 12.1. The van der Waals surface area contributed by atoms with Crippen LogP contribution in [0.15, 0.2) is 54.4 Å². The minimum absolute atomic E-state index is 0.0856. The quantitative estimate of drug-likeness (QED) is 0.650. The number of halogens is 1. The van der Waals surface area contributed by atoms with Crippen molar-refractivity contribution in [3.63, 3.8) is 0 Å². The van der Waals surface area contributed by atoms with Gasteiger partial charge in [0.15, 0.2) is 0 Å². The van der Waals surface area contributed by atoms with Gasteiger partial charge in [0.05, 0.1) is 12.1 Å². The van der Waals surface area contributed by atoms with E-state index in [-0.39, 0.29) is 5.57 Å². The summed E-state index contributed by atoms with van der Waals surface area (Å²) in [6.07, 6.45) is 2.75. The highest BCUT2D eigenvalue weighted by Crippen LogP contribution is 2.16. The first-order valence-electron chi connectivity index (χ1n) is 6.56. The summed E-state index contributed by atoms with van der Waals surface area (Å²) in [4.78, 5) is 16.1. The lowest BCUT2D eigenvalue weighted by atomic mass is 10.2. The smallest absolute Gasteiger partial charge is 0.267 e. The molecule has 0 unspecified atom stereocenters. The van der Waals surface area contributed by atoms with Crippen LogP contribution in [0.3, 0.4) is 0 Å². The predicted molar refractivity (Wildman–Crippen MR) is 88.2 cm³/mol. The molecule has 0 spiro atoms. The number of pyridine rings is 1. The Balaban J connectivity index is 2.03. The van der Waals surface area contributed by atoms with Crippen LogP contribution in [-0.4, -0.2) is 18.0 Å². The normalized spacial score (nSPS) is 10.6. The lowest BCUT2D eigenvalue weighted by molar-refractivity contribution is -0.112. The van der Waals surface area contributed by atoms with E-state index in [0.29, 0.717) is 22.3 Å². The number of anilines is 2. The van der Waals surface area contributed by atoms with Gasteiger partial charge in [-0.25, -0.2) is 4.98 Å². The summed E-state index contributed by atoms with van der Waals surface area (Å²) >= 11 is 5.73. The summed E-state index contributed by atoms with van der Waals surface area (Å²) in [7, 11) is 1.56. The number of carbonyl (C=O) groups is 1. The largest absolute Gasteiger partial charge is 0.497 e. The van der Waals surface area contributed by atoms with Gasteiger partial charge in [0.1, 0.15) is 23.2 Å². The second kappa shape index (κ2) is 7.82. The molecule has 1 aromatic carbocycles. The van der Waals surface area contributed by atoms with Gasteiger partial charge in [0.2, 0.25) is 0 Å². The Kier molecular flexibility index (Phi) is 5.56. The maximum absolute atomic E-state index is 12.1. The van der Waals surface area contributed by atoms with E-state index in [1.54, 1.807) is 43.5 Å². The maximum Gasteiger partial charge on any atom is 0.267 e. The Hall–Kier alpha value is -3.04. The van der Waals surface area contributed by atoms with Crippen molar-refractivity contribution in [2.75, 3.05) is 17.7 Å². The Morgan fingerprint density at radius 1 is 1.30 bits per heavy atom. The highest BCUT2D eigenvalue weighted by molar-refractivity contribution is 6.30. The van der Waals surface area contributed by atoms with Crippen molar-refractivity contribution in [3.05, 3.63) is 59.4 Å². The van der Waals surface area contributed by atoms with Crippen molar-refractivity contribution in [1.29, 1.82) is 5.26 Å². The van der Waals surface area contributed by atoms with Crippen LogP contribution >= 0.6 is 11.6 Å². The minimum Gasteiger partial charge on any atom is -0.497 e. The summed E-state index contributed by atoms with van der Waals surface area (Å²) in [5.41, 5.74) is 0.471.